The molecule has 0 spiro atoms. The average molecular weight is 597 g/mol. The highest BCUT2D eigenvalue weighted by Gasteiger charge is 2.61. The fourth-order valence-electron chi connectivity index (χ4n) is 5.45. The zero-order valence-corrected chi connectivity index (χ0v) is 24.4. The second-order valence-electron chi connectivity index (χ2n) is 10.7. The number of rotatable bonds is 10. The first kappa shape index (κ1) is 28.7. The van der Waals surface area contributed by atoms with Gasteiger partial charge < -0.3 is 24.7 Å². The Labute approximate surface area is 253 Å². The van der Waals surface area contributed by atoms with Crippen LogP contribution in [0.2, 0.25) is 0 Å². The van der Waals surface area contributed by atoms with Crippen molar-refractivity contribution in [2.75, 3.05) is 13.7 Å². The Hall–Kier alpha value is -4.38. The van der Waals surface area contributed by atoms with E-state index in [1.807, 2.05) is 54.6 Å². The van der Waals surface area contributed by atoms with E-state index in [9.17, 15) is 14.1 Å². The van der Waals surface area contributed by atoms with Crippen LogP contribution in [0.5, 0.6) is 11.5 Å². The number of benzene rings is 3. The van der Waals surface area contributed by atoms with Crippen LogP contribution in [0.4, 0.5) is 0 Å². The SMILES string of the molecule is C=C[C@@H]1C[C@]1(NC(=O)[C@@H]1C[C@@H](Oc2cc(-c3ccccc3)nc3cc(OC)ccc23)CN1)C(=O)N[S+]([O-])c1ccccc1. The third kappa shape index (κ3) is 5.94. The summed E-state index contributed by atoms with van der Waals surface area (Å²) in [6.45, 7) is 4.26. The molecule has 3 N–H and O–H groups in total. The van der Waals surface area contributed by atoms with E-state index in [4.69, 9.17) is 14.5 Å². The van der Waals surface area contributed by atoms with E-state index in [0.29, 0.717) is 35.8 Å². The van der Waals surface area contributed by atoms with Crippen LogP contribution >= 0.6 is 0 Å². The van der Waals surface area contributed by atoms with Gasteiger partial charge in [0.25, 0.3) is 5.91 Å². The summed E-state index contributed by atoms with van der Waals surface area (Å²) in [5, 5.41) is 7.00. The van der Waals surface area contributed by atoms with Crippen molar-refractivity contribution in [2.45, 2.75) is 35.4 Å². The lowest BCUT2D eigenvalue weighted by Crippen LogP contribution is -2.55. The molecule has 9 nitrogen and oxygen atoms in total. The van der Waals surface area contributed by atoms with Gasteiger partial charge >= 0.3 is 0 Å². The van der Waals surface area contributed by atoms with Crippen molar-refractivity contribution >= 4 is 34.1 Å². The Morgan fingerprint density at radius 3 is 2.53 bits per heavy atom. The Morgan fingerprint density at radius 1 is 1.09 bits per heavy atom. The number of nitrogens with zero attached hydrogens (tertiary/aromatic N) is 1. The number of carbonyl (C=O) groups excluding carboxylic acids is 2. The Morgan fingerprint density at radius 2 is 1.84 bits per heavy atom. The van der Waals surface area contributed by atoms with Gasteiger partial charge in [-0.15, -0.1) is 6.58 Å². The van der Waals surface area contributed by atoms with Gasteiger partial charge in [-0.25, -0.2) is 4.98 Å². The fourth-order valence-corrected chi connectivity index (χ4v) is 6.32. The molecule has 2 aliphatic rings. The van der Waals surface area contributed by atoms with Crippen LogP contribution in [0.3, 0.4) is 0 Å². The van der Waals surface area contributed by atoms with Gasteiger partial charge in [0.05, 0.1) is 24.4 Å². The van der Waals surface area contributed by atoms with Gasteiger partial charge in [-0.1, -0.05) is 54.6 Å². The van der Waals surface area contributed by atoms with Gasteiger partial charge in [0.15, 0.2) is 4.90 Å². The summed E-state index contributed by atoms with van der Waals surface area (Å²) in [7, 11) is 1.62. The van der Waals surface area contributed by atoms with Gasteiger partial charge in [-0.3, -0.25) is 9.59 Å². The van der Waals surface area contributed by atoms with E-state index in [2.05, 4.69) is 21.9 Å². The van der Waals surface area contributed by atoms with E-state index in [1.54, 1.807) is 43.5 Å². The lowest BCUT2D eigenvalue weighted by Gasteiger charge is -2.21. The van der Waals surface area contributed by atoms with E-state index < -0.39 is 28.8 Å². The predicted octanol–water partition coefficient (Wildman–Crippen LogP) is 3.92. The lowest BCUT2D eigenvalue weighted by atomic mass is 10.1. The van der Waals surface area contributed by atoms with Crippen molar-refractivity contribution in [1.29, 1.82) is 0 Å². The minimum absolute atomic E-state index is 0.255. The quantitative estimate of drug-likeness (QED) is 0.187. The maximum atomic E-state index is 13.4. The van der Waals surface area contributed by atoms with Crippen molar-refractivity contribution in [3.63, 3.8) is 0 Å². The Kier molecular flexibility index (Phi) is 8.07. The molecule has 1 unspecified atom stereocenters. The summed E-state index contributed by atoms with van der Waals surface area (Å²) >= 11 is -1.75. The van der Waals surface area contributed by atoms with Crippen LogP contribution in [0, 0.1) is 5.92 Å². The molecule has 2 heterocycles. The van der Waals surface area contributed by atoms with Crippen LogP contribution in [-0.2, 0) is 21.0 Å². The first-order valence-corrected chi connectivity index (χ1v) is 15.2. The zero-order valence-electron chi connectivity index (χ0n) is 23.6. The minimum Gasteiger partial charge on any atom is -0.588 e. The van der Waals surface area contributed by atoms with Crippen molar-refractivity contribution in [3.8, 4) is 22.8 Å². The normalized spacial score (nSPS) is 23.3. The fraction of sp³-hybridized carbons (Fsp3) is 0.242. The number of hydrogen-bond donors (Lipinski definition) is 3. The maximum Gasteiger partial charge on any atom is 0.287 e. The number of methoxy groups -OCH3 is 1. The minimum atomic E-state index is -1.75. The van der Waals surface area contributed by atoms with Gasteiger partial charge in [0, 0.05) is 42.0 Å². The Bertz CT molecular complexity index is 1650. The van der Waals surface area contributed by atoms with Crippen molar-refractivity contribution in [2.24, 2.45) is 5.92 Å². The summed E-state index contributed by atoms with van der Waals surface area (Å²) in [6.07, 6.45) is 2.14. The number of pyridine rings is 1. The standard InChI is InChI=1S/C33H32N4O5S/c1-3-22-19-33(22,32(39)37-43(40)25-12-8-5-9-13-25)36-31(38)29-17-24(20-34-29)42-30-18-27(21-10-6-4-7-11-21)35-28-16-23(41-2)14-15-26(28)30/h3-16,18,22,24,29,34H,1,17,19-20H2,2H3,(H,36,38)(H,37,39)/t22-,24-,29+,33-,43?/m1/s1. The topological polar surface area (TPSA) is 125 Å². The monoisotopic (exact) mass is 596 g/mol. The molecule has 5 atom stereocenters. The lowest BCUT2D eigenvalue weighted by molar-refractivity contribution is -0.130. The molecule has 3 aromatic carbocycles. The summed E-state index contributed by atoms with van der Waals surface area (Å²) in [6, 6.07) is 25.5. The molecule has 4 aromatic rings. The summed E-state index contributed by atoms with van der Waals surface area (Å²) in [4.78, 5) is 31.9. The summed E-state index contributed by atoms with van der Waals surface area (Å²) < 4.78 is 27.2. The molecular formula is C33H32N4O5S. The second kappa shape index (κ2) is 12.1. The first-order valence-electron chi connectivity index (χ1n) is 14.1. The third-order valence-electron chi connectivity index (χ3n) is 7.94. The molecule has 0 bridgehead atoms. The van der Waals surface area contributed by atoms with E-state index in [-0.39, 0.29) is 17.9 Å². The number of fused-ring (bicyclic) bond motifs is 1. The maximum absolute atomic E-state index is 13.4. The highest BCUT2D eigenvalue weighted by atomic mass is 32.2. The average Bonchev–Trinajstić information content (AvgIpc) is 3.56. The van der Waals surface area contributed by atoms with Crippen LogP contribution < -0.4 is 24.8 Å². The highest BCUT2D eigenvalue weighted by Crippen LogP contribution is 2.45. The van der Waals surface area contributed by atoms with Crippen molar-refractivity contribution < 1.29 is 23.6 Å². The molecule has 1 aliphatic carbocycles. The third-order valence-corrected chi connectivity index (χ3v) is 9.01. The zero-order chi connectivity index (χ0) is 30.0. The van der Waals surface area contributed by atoms with Gasteiger partial charge in [0.2, 0.25) is 5.91 Å². The molecule has 1 saturated heterocycles. The van der Waals surface area contributed by atoms with Crippen LogP contribution in [0.1, 0.15) is 12.8 Å². The number of aromatic nitrogens is 1. The molecular weight excluding hydrogens is 564 g/mol. The van der Waals surface area contributed by atoms with Crippen LogP contribution in [-0.4, -0.2) is 52.7 Å². The van der Waals surface area contributed by atoms with Gasteiger partial charge in [-0.2, -0.15) is 4.72 Å². The molecule has 1 saturated carbocycles. The van der Waals surface area contributed by atoms with Gasteiger partial charge in [-0.05, 0) is 30.7 Å². The molecule has 1 aliphatic heterocycles. The van der Waals surface area contributed by atoms with Crippen molar-refractivity contribution in [3.05, 3.63) is 97.6 Å². The largest absolute Gasteiger partial charge is 0.588 e. The first-order chi connectivity index (χ1) is 20.9. The molecule has 2 fully saturated rings. The van der Waals surface area contributed by atoms with E-state index in [1.165, 1.54) is 0 Å². The number of ether oxygens (including phenoxy) is 2. The predicted molar refractivity (Wildman–Crippen MR) is 165 cm³/mol. The molecule has 0 radical (unpaired) electrons. The smallest absolute Gasteiger partial charge is 0.287 e. The molecule has 1 aromatic heterocycles. The molecule has 220 valence electrons. The number of carbonyl (C=O) groups is 2. The van der Waals surface area contributed by atoms with Gasteiger partial charge in [0.1, 0.15) is 34.5 Å². The van der Waals surface area contributed by atoms with E-state index in [0.717, 1.165) is 22.2 Å². The molecule has 43 heavy (non-hydrogen) atoms. The molecule has 2 amide bonds. The summed E-state index contributed by atoms with van der Waals surface area (Å²) in [5.41, 5.74) is 1.27. The summed E-state index contributed by atoms with van der Waals surface area (Å²) in [5.74, 6) is 0.289. The van der Waals surface area contributed by atoms with Crippen LogP contribution in [0.15, 0.2) is 102 Å². The van der Waals surface area contributed by atoms with Crippen LogP contribution in [0.25, 0.3) is 22.2 Å². The number of amides is 2. The molecule has 10 heteroatoms. The van der Waals surface area contributed by atoms with Crippen molar-refractivity contribution in [1.82, 2.24) is 20.3 Å². The highest BCUT2D eigenvalue weighted by molar-refractivity contribution is 7.90. The Balaban J connectivity index is 1.16. The molecule has 6 rings (SSSR count). The number of nitrogens with one attached hydrogen (secondary N) is 3. The second-order valence-corrected chi connectivity index (χ2v) is 11.9. The van der Waals surface area contributed by atoms with E-state index >= 15 is 0 Å². The number of hydrogen-bond acceptors (Lipinski definition) is 7.